The molecule has 7 nitrogen and oxygen atoms in total. The third kappa shape index (κ3) is 6.06. The fourth-order valence-corrected chi connectivity index (χ4v) is 5.51. The molecule has 0 bridgehead atoms. The van der Waals surface area contributed by atoms with E-state index in [-0.39, 0.29) is 62.3 Å². The first kappa shape index (κ1) is 26.9. The molecule has 4 rings (SSSR count). The smallest absolute Gasteiger partial charge is 0.391 e. The molecule has 2 fully saturated rings. The molecular formula is C27H32F3N3O4. The lowest BCUT2D eigenvalue weighted by Crippen LogP contribution is -2.44. The van der Waals surface area contributed by atoms with Gasteiger partial charge in [-0.15, -0.1) is 0 Å². The van der Waals surface area contributed by atoms with E-state index < -0.39 is 29.8 Å². The molecule has 1 saturated carbocycles. The number of hydrogen-bond donors (Lipinski definition) is 2. The molecular weight excluding hydrogens is 487 g/mol. The van der Waals surface area contributed by atoms with E-state index in [4.69, 9.17) is 10.5 Å². The monoisotopic (exact) mass is 519 g/mol. The number of nitrogens with zero attached hydrogens (tertiary/aromatic N) is 2. The van der Waals surface area contributed by atoms with Gasteiger partial charge in [0.25, 0.3) is 5.91 Å². The lowest BCUT2D eigenvalue weighted by atomic mass is 9.81. The van der Waals surface area contributed by atoms with Crippen molar-refractivity contribution in [1.29, 1.82) is 0 Å². The number of amides is 2. The van der Waals surface area contributed by atoms with Crippen LogP contribution < -0.4 is 10.5 Å². The molecule has 0 radical (unpaired) electrons. The van der Waals surface area contributed by atoms with E-state index in [2.05, 4.69) is 4.98 Å². The Kier molecular flexibility index (Phi) is 8.36. The van der Waals surface area contributed by atoms with Crippen molar-refractivity contribution in [2.75, 3.05) is 19.8 Å². The average molecular weight is 520 g/mol. The Balaban J connectivity index is 1.50. The van der Waals surface area contributed by atoms with E-state index in [0.717, 1.165) is 12.0 Å². The van der Waals surface area contributed by atoms with E-state index in [9.17, 15) is 27.9 Å². The van der Waals surface area contributed by atoms with Crippen LogP contribution in [0.25, 0.3) is 0 Å². The Labute approximate surface area is 213 Å². The third-order valence-electron chi connectivity index (χ3n) is 7.55. The van der Waals surface area contributed by atoms with Gasteiger partial charge in [0.05, 0.1) is 18.6 Å². The Hall–Kier alpha value is -3.14. The number of carbonyl (C=O) groups excluding carboxylic acids is 2. The number of nitrogens with two attached hydrogens (primary N) is 1. The fourth-order valence-electron chi connectivity index (χ4n) is 5.51. The Morgan fingerprint density at radius 1 is 1.11 bits per heavy atom. The van der Waals surface area contributed by atoms with Crippen molar-refractivity contribution in [2.24, 2.45) is 17.6 Å². The number of benzene rings is 1. The Morgan fingerprint density at radius 3 is 2.43 bits per heavy atom. The molecule has 2 heterocycles. The summed E-state index contributed by atoms with van der Waals surface area (Å²) >= 11 is 0. The number of primary amides is 1. The summed E-state index contributed by atoms with van der Waals surface area (Å²) in [5.74, 6) is -2.99. The minimum atomic E-state index is -4.22. The van der Waals surface area contributed by atoms with Crippen molar-refractivity contribution < 1.29 is 32.6 Å². The standard InChI is InChI=1S/C27H32F3N3O4/c28-27(29,30)19-10-8-18(9-11-19)26(36)33-14-4-7-20(33)16-37-24-21(12-13-32-23(24)25(31)35)22(15-34)17-5-2-1-3-6-17/h1-3,5-6,12-13,18-20,22,34H,4,7-11,14-16H2,(H2,31,35)/t18?,19?,20-,22-/m1/s1. The summed E-state index contributed by atoms with van der Waals surface area (Å²) in [4.78, 5) is 31.2. The molecule has 1 aromatic carbocycles. The fraction of sp³-hybridized carbons (Fsp3) is 0.519. The summed E-state index contributed by atoms with van der Waals surface area (Å²) in [5.41, 5.74) is 6.89. The molecule has 2 aromatic rings. The van der Waals surface area contributed by atoms with Gasteiger partial charge >= 0.3 is 6.18 Å². The van der Waals surface area contributed by atoms with Gasteiger partial charge in [-0.05, 0) is 50.2 Å². The lowest BCUT2D eigenvalue weighted by molar-refractivity contribution is -0.185. The second-order valence-electron chi connectivity index (χ2n) is 9.82. The molecule has 200 valence electrons. The van der Waals surface area contributed by atoms with Crippen LogP contribution in [0.3, 0.4) is 0 Å². The van der Waals surface area contributed by atoms with E-state index in [1.807, 2.05) is 30.3 Å². The van der Waals surface area contributed by atoms with Crippen molar-refractivity contribution in [3.63, 3.8) is 0 Å². The minimum Gasteiger partial charge on any atom is -0.489 e. The number of hydrogen-bond acceptors (Lipinski definition) is 5. The molecule has 2 amide bonds. The van der Waals surface area contributed by atoms with Gasteiger partial charge in [-0.3, -0.25) is 9.59 Å². The number of halogens is 3. The first-order valence-electron chi connectivity index (χ1n) is 12.6. The lowest BCUT2D eigenvalue weighted by Gasteiger charge is -2.33. The molecule has 1 saturated heterocycles. The summed E-state index contributed by atoms with van der Waals surface area (Å²) in [6, 6.07) is 10.7. The van der Waals surface area contributed by atoms with Gasteiger partial charge in [-0.25, -0.2) is 4.98 Å². The molecule has 3 N–H and O–H groups in total. The topological polar surface area (TPSA) is 106 Å². The normalized spacial score (nSPS) is 23.0. The van der Waals surface area contributed by atoms with Gasteiger partial charge in [0, 0.05) is 30.1 Å². The molecule has 37 heavy (non-hydrogen) atoms. The van der Waals surface area contributed by atoms with E-state index in [1.165, 1.54) is 6.20 Å². The second kappa shape index (κ2) is 11.5. The zero-order chi connectivity index (χ0) is 26.6. The molecule has 0 unspecified atom stereocenters. The van der Waals surface area contributed by atoms with Crippen LogP contribution >= 0.6 is 0 Å². The summed E-state index contributed by atoms with van der Waals surface area (Å²) in [5, 5.41) is 10.2. The molecule has 2 atom stereocenters. The first-order valence-corrected chi connectivity index (χ1v) is 12.6. The van der Waals surface area contributed by atoms with Crippen LogP contribution in [0, 0.1) is 11.8 Å². The number of carbonyl (C=O) groups is 2. The van der Waals surface area contributed by atoms with Gasteiger partial charge in [0.1, 0.15) is 6.61 Å². The molecule has 10 heteroatoms. The maximum Gasteiger partial charge on any atom is 0.391 e. The number of rotatable bonds is 8. The minimum absolute atomic E-state index is 0.0298. The van der Waals surface area contributed by atoms with Gasteiger partial charge < -0.3 is 20.5 Å². The van der Waals surface area contributed by atoms with Crippen LogP contribution in [0.15, 0.2) is 42.6 Å². The second-order valence-corrected chi connectivity index (χ2v) is 9.82. The number of alkyl halides is 3. The van der Waals surface area contributed by atoms with Crippen molar-refractivity contribution in [2.45, 2.75) is 56.7 Å². The summed E-state index contributed by atoms with van der Waals surface area (Å²) in [7, 11) is 0. The van der Waals surface area contributed by atoms with Crippen LogP contribution in [0.5, 0.6) is 5.75 Å². The third-order valence-corrected chi connectivity index (χ3v) is 7.55. The van der Waals surface area contributed by atoms with Gasteiger partial charge in [0.2, 0.25) is 5.91 Å². The number of aliphatic hydroxyl groups excluding tert-OH is 1. The van der Waals surface area contributed by atoms with E-state index in [0.29, 0.717) is 18.5 Å². The molecule has 1 aliphatic heterocycles. The van der Waals surface area contributed by atoms with Crippen LogP contribution in [0.4, 0.5) is 13.2 Å². The zero-order valence-corrected chi connectivity index (χ0v) is 20.5. The molecule has 1 aromatic heterocycles. The zero-order valence-electron chi connectivity index (χ0n) is 20.5. The number of aliphatic hydroxyl groups is 1. The summed E-state index contributed by atoms with van der Waals surface area (Å²) in [6.45, 7) is 0.352. The van der Waals surface area contributed by atoms with Gasteiger partial charge in [-0.2, -0.15) is 13.2 Å². The Morgan fingerprint density at radius 2 is 1.81 bits per heavy atom. The molecule has 0 spiro atoms. The molecule has 1 aliphatic carbocycles. The van der Waals surface area contributed by atoms with Crippen LogP contribution in [-0.2, 0) is 4.79 Å². The van der Waals surface area contributed by atoms with Crippen LogP contribution in [0.1, 0.15) is 66.1 Å². The van der Waals surface area contributed by atoms with Crippen molar-refractivity contribution in [3.05, 3.63) is 59.4 Å². The predicted octanol–water partition coefficient (Wildman–Crippen LogP) is 4.04. The van der Waals surface area contributed by atoms with Crippen LogP contribution in [-0.4, -0.2) is 58.8 Å². The summed E-state index contributed by atoms with van der Waals surface area (Å²) in [6.07, 6.45) is -0.963. The van der Waals surface area contributed by atoms with E-state index in [1.54, 1.807) is 11.0 Å². The van der Waals surface area contributed by atoms with Crippen LogP contribution in [0.2, 0.25) is 0 Å². The average Bonchev–Trinajstić information content (AvgIpc) is 3.36. The highest BCUT2D eigenvalue weighted by Crippen LogP contribution is 2.41. The maximum absolute atomic E-state index is 13.2. The highest BCUT2D eigenvalue weighted by Gasteiger charge is 2.44. The number of aromatic nitrogens is 1. The predicted molar refractivity (Wildman–Crippen MR) is 130 cm³/mol. The summed E-state index contributed by atoms with van der Waals surface area (Å²) < 4.78 is 45.3. The van der Waals surface area contributed by atoms with E-state index >= 15 is 0 Å². The first-order chi connectivity index (χ1) is 17.7. The van der Waals surface area contributed by atoms with Crippen molar-refractivity contribution in [3.8, 4) is 5.75 Å². The van der Waals surface area contributed by atoms with Gasteiger partial charge in [0.15, 0.2) is 11.4 Å². The highest BCUT2D eigenvalue weighted by atomic mass is 19.4. The number of ether oxygens (including phenoxy) is 1. The Bertz CT molecular complexity index is 1090. The number of pyridine rings is 1. The van der Waals surface area contributed by atoms with Crippen molar-refractivity contribution in [1.82, 2.24) is 9.88 Å². The highest BCUT2D eigenvalue weighted by molar-refractivity contribution is 5.94. The largest absolute Gasteiger partial charge is 0.489 e. The molecule has 2 aliphatic rings. The van der Waals surface area contributed by atoms with Gasteiger partial charge in [-0.1, -0.05) is 30.3 Å². The number of likely N-dealkylation sites (tertiary alicyclic amines) is 1. The SMILES string of the molecule is NC(=O)c1nccc([C@H](CO)c2ccccc2)c1OC[C@H]1CCCN1C(=O)C1CCC(C(F)(F)F)CC1. The quantitative estimate of drug-likeness (QED) is 0.548. The maximum atomic E-state index is 13.2. The van der Waals surface area contributed by atoms with Crippen molar-refractivity contribution >= 4 is 11.8 Å².